The monoisotopic (exact) mass is 420 g/mol. The van der Waals surface area contributed by atoms with E-state index in [4.69, 9.17) is 11.6 Å². The first kappa shape index (κ1) is 20.1. The molecule has 0 bridgehead atoms. The third-order valence-corrected chi connectivity index (χ3v) is 5.83. The van der Waals surface area contributed by atoms with Crippen molar-refractivity contribution in [2.75, 3.05) is 0 Å². The maximum absolute atomic E-state index is 12.3. The summed E-state index contributed by atoms with van der Waals surface area (Å²) in [6.45, 7) is 2.39. The van der Waals surface area contributed by atoms with E-state index in [0.717, 1.165) is 27.8 Å². The number of rotatable bonds is 4. The van der Waals surface area contributed by atoms with Crippen molar-refractivity contribution in [3.63, 3.8) is 0 Å². The Labute approximate surface area is 179 Å². The standard InChI is InChI=1S/C24H21ClN2O3/c1-15-11-12-27(22(29)13-15)14-16-5-7-17(8-6-16)18-3-2-4-19(23(18)25)20-9-10-21(28)26-24(20)30/h2-8,11-13,20H,9-10,14H2,1H3,(H,26,28,30). The second-order valence-electron chi connectivity index (χ2n) is 7.58. The molecular weight excluding hydrogens is 400 g/mol. The summed E-state index contributed by atoms with van der Waals surface area (Å²) in [6.07, 6.45) is 2.56. The van der Waals surface area contributed by atoms with E-state index in [9.17, 15) is 14.4 Å². The van der Waals surface area contributed by atoms with Crippen molar-refractivity contribution in [1.29, 1.82) is 0 Å². The lowest BCUT2D eigenvalue weighted by Gasteiger charge is -2.23. The summed E-state index contributed by atoms with van der Waals surface area (Å²) in [4.78, 5) is 35.8. The number of hydrogen-bond donors (Lipinski definition) is 1. The number of carbonyl (C=O) groups excluding carboxylic acids is 2. The highest BCUT2D eigenvalue weighted by Gasteiger charge is 2.30. The van der Waals surface area contributed by atoms with Crippen LogP contribution in [0.3, 0.4) is 0 Å². The molecule has 152 valence electrons. The average Bonchev–Trinajstić information content (AvgIpc) is 2.71. The SMILES string of the molecule is Cc1ccn(Cc2ccc(-c3cccc(C4CCC(=O)NC4=O)c3Cl)cc2)c(=O)c1. The van der Waals surface area contributed by atoms with Crippen molar-refractivity contribution in [2.45, 2.75) is 32.2 Å². The molecule has 2 heterocycles. The first-order chi connectivity index (χ1) is 14.4. The summed E-state index contributed by atoms with van der Waals surface area (Å²) >= 11 is 6.67. The van der Waals surface area contributed by atoms with Gasteiger partial charge in [-0.25, -0.2) is 0 Å². The molecule has 5 nitrogen and oxygen atoms in total. The van der Waals surface area contributed by atoms with Crippen LogP contribution in [0.15, 0.2) is 65.6 Å². The lowest BCUT2D eigenvalue weighted by Crippen LogP contribution is -2.39. The van der Waals surface area contributed by atoms with E-state index in [1.807, 2.05) is 55.5 Å². The average molecular weight is 421 g/mol. The predicted octanol–water partition coefficient (Wildman–Crippen LogP) is 4.05. The number of amides is 2. The Morgan fingerprint density at radius 1 is 1.07 bits per heavy atom. The molecule has 6 heteroatoms. The normalized spacial score (nSPS) is 16.4. The van der Waals surface area contributed by atoms with Gasteiger partial charge in [-0.05, 0) is 41.7 Å². The number of nitrogens with one attached hydrogen (secondary N) is 1. The number of nitrogens with zero attached hydrogens (tertiary/aromatic N) is 1. The summed E-state index contributed by atoms with van der Waals surface area (Å²) < 4.78 is 1.67. The fourth-order valence-corrected chi connectivity index (χ4v) is 4.12. The third kappa shape index (κ3) is 4.07. The van der Waals surface area contributed by atoms with E-state index in [2.05, 4.69) is 5.32 Å². The van der Waals surface area contributed by atoms with Gasteiger partial charge in [-0.2, -0.15) is 0 Å². The molecule has 1 aliphatic rings. The molecule has 0 aliphatic carbocycles. The van der Waals surface area contributed by atoms with E-state index in [1.165, 1.54) is 0 Å². The van der Waals surface area contributed by atoms with Crippen molar-refractivity contribution in [3.8, 4) is 11.1 Å². The number of carbonyl (C=O) groups is 2. The first-order valence-corrected chi connectivity index (χ1v) is 10.2. The van der Waals surface area contributed by atoms with Crippen molar-refractivity contribution in [2.24, 2.45) is 0 Å². The molecule has 1 atom stereocenters. The molecule has 30 heavy (non-hydrogen) atoms. The Kier molecular flexibility index (Phi) is 5.55. The summed E-state index contributed by atoms with van der Waals surface area (Å²) in [6, 6.07) is 17.0. The largest absolute Gasteiger partial charge is 0.311 e. The van der Waals surface area contributed by atoms with Gasteiger partial charge >= 0.3 is 0 Å². The molecule has 1 aliphatic heterocycles. The van der Waals surface area contributed by atoms with Crippen LogP contribution in [0, 0.1) is 6.92 Å². The number of piperidine rings is 1. The van der Waals surface area contributed by atoms with Crippen LogP contribution in [-0.2, 0) is 16.1 Å². The molecule has 1 unspecified atom stereocenters. The van der Waals surface area contributed by atoms with Gasteiger partial charge in [0.25, 0.3) is 5.56 Å². The molecule has 2 amide bonds. The fraction of sp³-hybridized carbons (Fsp3) is 0.208. The molecule has 1 saturated heterocycles. The molecular formula is C24H21ClN2O3. The third-order valence-electron chi connectivity index (χ3n) is 5.41. The maximum Gasteiger partial charge on any atom is 0.251 e. The van der Waals surface area contributed by atoms with Gasteiger partial charge < -0.3 is 4.57 Å². The lowest BCUT2D eigenvalue weighted by molar-refractivity contribution is -0.134. The van der Waals surface area contributed by atoms with Gasteiger partial charge in [0.15, 0.2) is 0 Å². The summed E-state index contributed by atoms with van der Waals surface area (Å²) in [5.41, 5.74) is 4.40. The zero-order chi connectivity index (χ0) is 21.3. The van der Waals surface area contributed by atoms with Crippen LogP contribution >= 0.6 is 11.6 Å². The zero-order valence-electron chi connectivity index (χ0n) is 16.5. The molecule has 1 aromatic heterocycles. The van der Waals surface area contributed by atoms with Gasteiger partial charge in [-0.1, -0.05) is 54.1 Å². The number of hydrogen-bond acceptors (Lipinski definition) is 3. The Balaban J connectivity index is 1.59. The molecule has 2 aromatic carbocycles. The minimum atomic E-state index is -0.428. The number of imide groups is 1. The Morgan fingerprint density at radius 3 is 2.53 bits per heavy atom. The minimum absolute atomic E-state index is 0.0286. The first-order valence-electron chi connectivity index (χ1n) is 9.81. The molecule has 3 aromatic rings. The smallest absolute Gasteiger partial charge is 0.251 e. The van der Waals surface area contributed by atoms with Crippen LogP contribution in [0.1, 0.15) is 35.4 Å². The number of pyridine rings is 1. The van der Waals surface area contributed by atoms with Gasteiger partial charge in [-0.15, -0.1) is 0 Å². The van der Waals surface area contributed by atoms with E-state index < -0.39 is 5.92 Å². The number of aromatic nitrogens is 1. The number of halogens is 1. The van der Waals surface area contributed by atoms with Gasteiger partial charge in [0, 0.05) is 24.2 Å². The van der Waals surface area contributed by atoms with Crippen molar-refractivity contribution in [1.82, 2.24) is 9.88 Å². The molecule has 0 saturated carbocycles. The van der Waals surface area contributed by atoms with Crippen molar-refractivity contribution < 1.29 is 9.59 Å². The highest BCUT2D eigenvalue weighted by Crippen LogP contribution is 2.37. The Bertz CT molecular complexity index is 1180. The molecule has 0 radical (unpaired) electrons. The van der Waals surface area contributed by atoms with Crippen LogP contribution in [0.25, 0.3) is 11.1 Å². The van der Waals surface area contributed by atoms with Crippen LogP contribution in [0.2, 0.25) is 5.02 Å². The van der Waals surface area contributed by atoms with Crippen molar-refractivity contribution in [3.05, 3.63) is 92.9 Å². The Hall–Kier alpha value is -3.18. The highest BCUT2D eigenvalue weighted by atomic mass is 35.5. The highest BCUT2D eigenvalue weighted by molar-refractivity contribution is 6.34. The molecule has 4 rings (SSSR count). The van der Waals surface area contributed by atoms with E-state index in [-0.39, 0.29) is 17.4 Å². The topological polar surface area (TPSA) is 68.2 Å². The summed E-state index contributed by atoms with van der Waals surface area (Å²) in [5.74, 6) is -0.973. The maximum atomic E-state index is 12.3. The van der Waals surface area contributed by atoms with Gasteiger partial charge in [0.05, 0.1) is 17.5 Å². The predicted molar refractivity (Wildman–Crippen MR) is 117 cm³/mol. The molecule has 0 spiro atoms. The van der Waals surface area contributed by atoms with E-state index in [0.29, 0.717) is 24.4 Å². The summed E-state index contributed by atoms with van der Waals surface area (Å²) in [7, 11) is 0. The van der Waals surface area contributed by atoms with Crippen LogP contribution in [0.5, 0.6) is 0 Å². The quantitative estimate of drug-likeness (QED) is 0.647. The molecule has 1 fully saturated rings. The number of benzene rings is 2. The van der Waals surface area contributed by atoms with Gasteiger partial charge in [0.1, 0.15) is 0 Å². The van der Waals surface area contributed by atoms with Crippen LogP contribution < -0.4 is 10.9 Å². The second kappa shape index (κ2) is 8.28. The molecule has 1 N–H and O–H groups in total. The van der Waals surface area contributed by atoms with Crippen LogP contribution in [0.4, 0.5) is 0 Å². The van der Waals surface area contributed by atoms with E-state index >= 15 is 0 Å². The zero-order valence-corrected chi connectivity index (χ0v) is 17.3. The van der Waals surface area contributed by atoms with Crippen molar-refractivity contribution >= 4 is 23.4 Å². The summed E-state index contributed by atoms with van der Waals surface area (Å²) in [5, 5.41) is 2.91. The fourth-order valence-electron chi connectivity index (χ4n) is 3.76. The van der Waals surface area contributed by atoms with Gasteiger partial charge in [0.2, 0.25) is 11.8 Å². The lowest BCUT2D eigenvalue weighted by atomic mass is 9.88. The Morgan fingerprint density at radius 2 is 1.83 bits per heavy atom. The van der Waals surface area contributed by atoms with E-state index in [1.54, 1.807) is 16.8 Å². The second-order valence-corrected chi connectivity index (χ2v) is 7.96. The van der Waals surface area contributed by atoms with Gasteiger partial charge in [-0.3, -0.25) is 19.7 Å². The number of aryl methyl sites for hydroxylation is 1. The van der Waals surface area contributed by atoms with Crippen LogP contribution in [-0.4, -0.2) is 16.4 Å². The minimum Gasteiger partial charge on any atom is -0.311 e.